The minimum Gasteiger partial charge on any atom is -0.389 e. The molecule has 0 aromatic heterocycles. The maximum Gasteiger partial charge on any atom is 0.145 e. The lowest BCUT2D eigenvalue weighted by Gasteiger charge is -2.03. The lowest BCUT2D eigenvalue weighted by atomic mass is 10.0. The average molecular weight is 318 g/mol. The van der Waals surface area contributed by atoms with E-state index in [4.69, 9.17) is 10.5 Å². The summed E-state index contributed by atoms with van der Waals surface area (Å²) in [7, 11) is 0. The fourth-order valence-electron chi connectivity index (χ4n) is 2.69. The number of hydrogen-bond acceptors (Lipinski definition) is 3. The standard InChI is InChI=1S/C20H35N3/c1-2-3-4-5-6-7-8-9-10-11-12-13-14-15-16-23-19-20(17-21)18-22/h19,23H,2-16H2,1H3. The van der Waals surface area contributed by atoms with Gasteiger partial charge in [0.2, 0.25) is 0 Å². The van der Waals surface area contributed by atoms with Gasteiger partial charge in [0.25, 0.3) is 0 Å². The second-order valence-electron chi connectivity index (χ2n) is 6.33. The van der Waals surface area contributed by atoms with E-state index in [1.54, 1.807) is 0 Å². The molecule has 0 aromatic rings. The highest BCUT2D eigenvalue weighted by molar-refractivity contribution is 5.34. The van der Waals surface area contributed by atoms with Crippen LogP contribution >= 0.6 is 0 Å². The molecule has 0 heterocycles. The smallest absolute Gasteiger partial charge is 0.145 e. The van der Waals surface area contributed by atoms with Crippen LogP contribution in [0.25, 0.3) is 0 Å². The van der Waals surface area contributed by atoms with Crippen LogP contribution in [-0.4, -0.2) is 6.54 Å². The van der Waals surface area contributed by atoms with Crippen molar-refractivity contribution in [3.8, 4) is 12.1 Å². The molecule has 3 nitrogen and oxygen atoms in total. The SMILES string of the molecule is CCCCCCCCCCCCCCCCNC=C(C#N)C#N. The third-order valence-electron chi connectivity index (χ3n) is 4.16. The predicted octanol–water partition coefficient (Wildman–Crippen LogP) is 5.99. The van der Waals surface area contributed by atoms with Crippen LogP contribution in [-0.2, 0) is 0 Å². The first kappa shape index (κ1) is 21.5. The summed E-state index contributed by atoms with van der Waals surface area (Å²) in [4.78, 5) is 0. The molecule has 0 unspecified atom stereocenters. The number of nitrogens with zero attached hydrogens (tertiary/aromatic N) is 2. The fraction of sp³-hybridized carbons (Fsp3) is 0.800. The second-order valence-corrected chi connectivity index (χ2v) is 6.33. The third-order valence-corrected chi connectivity index (χ3v) is 4.16. The summed E-state index contributed by atoms with van der Waals surface area (Å²) in [6, 6.07) is 3.68. The molecule has 0 fully saturated rings. The van der Waals surface area contributed by atoms with Gasteiger partial charge in [0, 0.05) is 12.7 Å². The van der Waals surface area contributed by atoms with Crippen molar-refractivity contribution < 1.29 is 0 Å². The van der Waals surface area contributed by atoms with Crippen molar-refractivity contribution in [2.75, 3.05) is 6.54 Å². The van der Waals surface area contributed by atoms with Crippen LogP contribution in [0.3, 0.4) is 0 Å². The molecule has 0 aromatic carbocycles. The first-order valence-electron chi connectivity index (χ1n) is 9.59. The molecule has 0 amide bonds. The van der Waals surface area contributed by atoms with Gasteiger partial charge in [0.05, 0.1) is 0 Å². The summed E-state index contributed by atoms with van der Waals surface area (Å²) in [5.41, 5.74) is 0.148. The van der Waals surface area contributed by atoms with Crippen LogP contribution < -0.4 is 5.32 Å². The topological polar surface area (TPSA) is 59.6 Å². The first-order valence-corrected chi connectivity index (χ1v) is 9.59. The van der Waals surface area contributed by atoms with Gasteiger partial charge in [0.1, 0.15) is 17.7 Å². The molecule has 0 saturated carbocycles. The van der Waals surface area contributed by atoms with E-state index in [1.165, 1.54) is 89.7 Å². The number of allylic oxidation sites excluding steroid dienone is 1. The average Bonchev–Trinajstić information content (AvgIpc) is 2.58. The quantitative estimate of drug-likeness (QED) is 0.281. The van der Waals surface area contributed by atoms with E-state index in [2.05, 4.69) is 12.2 Å². The first-order chi connectivity index (χ1) is 11.3. The highest BCUT2D eigenvalue weighted by Crippen LogP contribution is 2.12. The maximum atomic E-state index is 8.57. The van der Waals surface area contributed by atoms with E-state index >= 15 is 0 Å². The van der Waals surface area contributed by atoms with E-state index in [0.717, 1.165) is 13.0 Å². The largest absolute Gasteiger partial charge is 0.389 e. The van der Waals surface area contributed by atoms with Gasteiger partial charge in [-0.05, 0) is 6.42 Å². The van der Waals surface area contributed by atoms with Crippen LogP contribution in [0.15, 0.2) is 11.8 Å². The van der Waals surface area contributed by atoms with Crippen molar-refractivity contribution in [2.45, 2.75) is 96.8 Å². The van der Waals surface area contributed by atoms with Crippen molar-refractivity contribution in [3.63, 3.8) is 0 Å². The molecule has 23 heavy (non-hydrogen) atoms. The van der Waals surface area contributed by atoms with Crippen LogP contribution in [0, 0.1) is 22.7 Å². The van der Waals surface area contributed by atoms with Crippen LogP contribution in [0.5, 0.6) is 0 Å². The second kappa shape index (κ2) is 18.6. The van der Waals surface area contributed by atoms with Gasteiger partial charge in [-0.25, -0.2) is 0 Å². The van der Waals surface area contributed by atoms with E-state index in [-0.39, 0.29) is 5.57 Å². The van der Waals surface area contributed by atoms with E-state index in [1.807, 2.05) is 12.1 Å². The molecule has 0 aliphatic carbocycles. The Bertz CT molecular complexity index is 344. The van der Waals surface area contributed by atoms with Crippen LogP contribution in [0.4, 0.5) is 0 Å². The molecule has 3 heteroatoms. The Balaban J connectivity index is 3.13. The molecule has 0 aliphatic rings. The highest BCUT2D eigenvalue weighted by atomic mass is 14.8. The summed E-state index contributed by atoms with van der Waals surface area (Å²) in [5, 5.41) is 20.2. The summed E-state index contributed by atoms with van der Waals surface area (Å²) in [5.74, 6) is 0. The maximum absolute atomic E-state index is 8.57. The molecule has 0 spiro atoms. The van der Waals surface area contributed by atoms with Gasteiger partial charge < -0.3 is 5.32 Å². The van der Waals surface area contributed by atoms with Gasteiger partial charge in [-0.15, -0.1) is 0 Å². The van der Waals surface area contributed by atoms with E-state index < -0.39 is 0 Å². The monoisotopic (exact) mass is 317 g/mol. The molecular formula is C20H35N3. The highest BCUT2D eigenvalue weighted by Gasteiger charge is 1.94. The van der Waals surface area contributed by atoms with Crippen molar-refractivity contribution in [1.82, 2.24) is 5.32 Å². The molecule has 1 N–H and O–H groups in total. The summed E-state index contributed by atoms with van der Waals surface area (Å²) >= 11 is 0. The zero-order valence-electron chi connectivity index (χ0n) is 15.1. The number of unbranched alkanes of at least 4 members (excludes halogenated alkanes) is 13. The zero-order chi connectivity index (χ0) is 17.0. The minimum atomic E-state index is 0.148. The fourth-order valence-corrected chi connectivity index (χ4v) is 2.69. The van der Waals surface area contributed by atoms with Gasteiger partial charge in [-0.2, -0.15) is 10.5 Å². The molecule has 0 aliphatic heterocycles. The molecule has 0 atom stereocenters. The van der Waals surface area contributed by atoms with E-state index in [9.17, 15) is 0 Å². The zero-order valence-corrected chi connectivity index (χ0v) is 15.1. The molecule has 0 bridgehead atoms. The molecule has 0 saturated heterocycles. The number of nitrogens with one attached hydrogen (secondary N) is 1. The normalized spacial score (nSPS) is 9.87. The van der Waals surface area contributed by atoms with Crippen molar-refractivity contribution >= 4 is 0 Å². The third kappa shape index (κ3) is 16.7. The van der Waals surface area contributed by atoms with Crippen LogP contribution in [0.1, 0.15) is 96.8 Å². The predicted molar refractivity (Wildman–Crippen MR) is 97.6 cm³/mol. The minimum absolute atomic E-state index is 0.148. The van der Waals surface area contributed by atoms with E-state index in [0.29, 0.717) is 0 Å². The van der Waals surface area contributed by atoms with Crippen molar-refractivity contribution in [1.29, 1.82) is 10.5 Å². The molecule has 130 valence electrons. The Morgan fingerprint density at radius 2 is 1.09 bits per heavy atom. The van der Waals surface area contributed by atoms with Gasteiger partial charge in [0.15, 0.2) is 0 Å². The van der Waals surface area contributed by atoms with Crippen LogP contribution in [0.2, 0.25) is 0 Å². The van der Waals surface area contributed by atoms with Gasteiger partial charge in [-0.1, -0.05) is 90.4 Å². The Kier molecular flexibility index (Phi) is 17.4. The Morgan fingerprint density at radius 3 is 1.48 bits per heavy atom. The van der Waals surface area contributed by atoms with Gasteiger partial charge in [-0.3, -0.25) is 0 Å². The Hall–Kier alpha value is -1.48. The number of rotatable bonds is 16. The van der Waals surface area contributed by atoms with Crippen molar-refractivity contribution in [2.24, 2.45) is 0 Å². The lowest BCUT2D eigenvalue weighted by molar-refractivity contribution is 0.534. The Labute approximate surface area is 143 Å². The Morgan fingerprint density at radius 1 is 0.696 bits per heavy atom. The molecular weight excluding hydrogens is 282 g/mol. The molecule has 0 rings (SSSR count). The lowest BCUT2D eigenvalue weighted by Crippen LogP contribution is -2.07. The number of nitriles is 2. The number of hydrogen-bond donors (Lipinski definition) is 1. The summed E-state index contributed by atoms with van der Waals surface area (Å²) in [6.07, 6.45) is 20.5. The molecule has 0 radical (unpaired) electrons. The van der Waals surface area contributed by atoms with Gasteiger partial charge >= 0.3 is 0 Å². The van der Waals surface area contributed by atoms with Crippen molar-refractivity contribution in [3.05, 3.63) is 11.8 Å². The summed E-state index contributed by atoms with van der Waals surface area (Å²) in [6.45, 7) is 3.12. The summed E-state index contributed by atoms with van der Waals surface area (Å²) < 4.78 is 0.